The van der Waals surface area contributed by atoms with Crippen molar-refractivity contribution in [2.45, 2.75) is 27.7 Å². The van der Waals surface area contributed by atoms with Gasteiger partial charge in [0.2, 0.25) is 0 Å². The fourth-order valence-electron chi connectivity index (χ4n) is 3.35. The fraction of sp³-hybridized carbons (Fsp3) is 0.167. The Bertz CT molecular complexity index is 1460. The minimum Gasteiger partial charge on any atom is -0.265 e. The number of aryl methyl sites for hydroxylation is 4. The molecule has 0 amide bonds. The molecular weight excluding hydrogens is 414 g/mol. The highest BCUT2D eigenvalue weighted by molar-refractivity contribution is 5.78. The maximum atomic E-state index is 3.97. The second kappa shape index (κ2) is 9.82. The van der Waals surface area contributed by atoms with Crippen molar-refractivity contribution >= 4 is 22.1 Å². The van der Waals surface area contributed by atoms with Gasteiger partial charge in [0.05, 0.1) is 11.0 Å². The van der Waals surface area contributed by atoms with Crippen LogP contribution in [0.5, 0.6) is 0 Å². The van der Waals surface area contributed by atoms with Crippen LogP contribution in [0.15, 0.2) is 60.8 Å². The van der Waals surface area contributed by atoms with Crippen molar-refractivity contribution in [2.75, 3.05) is 0 Å². The smallest absolute Gasteiger partial charge is 0.116 e. The Morgan fingerprint density at radius 3 is 1.97 bits per heavy atom. The third kappa shape index (κ3) is 4.93. The summed E-state index contributed by atoms with van der Waals surface area (Å²) < 4.78 is 0. The Morgan fingerprint density at radius 1 is 0.576 bits per heavy atom. The second-order valence-corrected chi connectivity index (χ2v) is 7.67. The van der Waals surface area contributed by atoms with Gasteiger partial charge < -0.3 is 0 Å². The Kier molecular flexibility index (Phi) is 6.49. The first-order chi connectivity index (χ1) is 16.0. The molecule has 33 heavy (non-hydrogen) atoms. The van der Waals surface area contributed by atoms with Crippen molar-refractivity contribution < 1.29 is 0 Å². The van der Waals surface area contributed by atoms with Crippen LogP contribution < -0.4 is 0 Å². The van der Waals surface area contributed by atoms with E-state index in [2.05, 4.69) is 79.1 Å². The monoisotopic (exact) mass is 439 g/mol. The summed E-state index contributed by atoms with van der Waals surface area (Å²) in [4.78, 5) is 0. The van der Waals surface area contributed by atoms with Crippen LogP contribution in [0.2, 0.25) is 0 Å². The summed E-state index contributed by atoms with van der Waals surface area (Å²) >= 11 is 0. The number of nitrogens with one attached hydrogen (secondary N) is 3. The highest BCUT2D eigenvalue weighted by Crippen LogP contribution is 2.19. The molecule has 0 aliphatic heterocycles. The van der Waals surface area contributed by atoms with Gasteiger partial charge in [-0.1, -0.05) is 58.1 Å². The van der Waals surface area contributed by atoms with Gasteiger partial charge in [0.25, 0.3) is 0 Å². The van der Waals surface area contributed by atoms with Crippen LogP contribution in [0.3, 0.4) is 0 Å². The maximum Gasteiger partial charge on any atom is 0.116 e. The predicted molar refractivity (Wildman–Crippen MR) is 129 cm³/mol. The number of fused-ring (bicyclic) bond motifs is 2. The molecule has 6 aromatic rings. The molecule has 0 bridgehead atoms. The molecule has 0 saturated carbocycles. The molecule has 0 unspecified atom stereocenters. The molecule has 0 saturated heterocycles. The molecule has 3 heterocycles. The molecule has 0 aliphatic carbocycles. The number of nitrogens with zero attached hydrogens (tertiary/aromatic N) is 6. The highest BCUT2D eigenvalue weighted by Gasteiger charge is 2.02. The zero-order valence-electron chi connectivity index (χ0n) is 19.0. The molecule has 9 heteroatoms. The number of H-pyrrole nitrogens is 3. The number of aromatic nitrogens is 9. The lowest BCUT2D eigenvalue weighted by Gasteiger charge is -1.98. The lowest BCUT2D eigenvalue weighted by molar-refractivity contribution is 0.942. The summed E-state index contributed by atoms with van der Waals surface area (Å²) in [6.07, 6.45) is 1.79. The van der Waals surface area contributed by atoms with Gasteiger partial charge in [-0.2, -0.15) is 0 Å². The predicted octanol–water partition coefficient (Wildman–Crippen LogP) is 4.62. The number of hydrogen-bond acceptors (Lipinski definition) is 6. The first-order valence-corrected chi connectivity index (χ1v) is 10.5. The Morgan fingerprint density at radius 2 is 1.27 bits per heavy atom. The Hall–Kier alpha value is -4.40. The molecule has 0 aliphatic rings. The van der Waals surface area contributed by atoms with Gasteiger partial charge in [0.15, 0.2) is 0 Å². The van der Waals surface area contributed by atoms with Gasteiger partial charge in [-0.05, 0) is 62.1 Å². The summed E-state index contributed by atoms with van der Waals surface area (Å²) in [5.41, 5.74) is 10.8. The van der Waals surface area contributed by atoms with E-state index in [0.29, 0.717) is 0 Å². The van der Waals surface area contributed by atoms with E-state index >= 15 is 0 Å². The average molecular weight is 440 g/mol. The molecule has 0 spiro atoms. The van der Waals surface area contributed by atoms with Crippen LogP contribution in [0.1, 0.15) is 22.3 Å². The molecule has 0 atom stereocenters. The number of hydrogen-bond donors (Lipinski definition) is 3. The van der Waals surface area contributed by atoms with E-state index in [9.17, 15) is 0 Å². The maximum absolute atomic E-state index is 3.97. The molecule has 3 aromatic carbocycles. The van der Waals surface area contributed by atoms with Gasteiger partial charge in [0, 0.05) is 11.8 Å². The summed E-state index contributed by atoms with van der Waals surface area (Å²) in [6, 6.07) is 18.1. The van der Waals surface area contributed by atoms with Crippen LogP contribution in [0.4, 0.5) is 0 Å². The third-order valence-electron chi connectivity index (χ3n) is 5.42. The molecular formula is C24H25N9. The lowest BCUT2D eigenvalue weighted by atomic mass is 10.1. The van der Waals surface area contributed by atoms with Crippen LogP contribution >= 0.6 is 0 Å². The second-order valence-electron chi connectivity index (χ2n) is 7.67. The van der Waals surface area contributed by atoms with Gasteiger partial charge in [-0.15, -0.1) is 15.3 Å². The zero-order valence-corrected chi connectivity index (χ0v) is 19.0. The minimum atomic E-state index is 0.896. The van der Waals surface area contributed by atoms with Gasteiger partial charge in [0.1, 0.15) is 16.7 Å². The van der Waals surface area contributed by atoms with E-state index in [0.717, 1.165) is 38.9 Å². The third-order valence-corrected chi connectivity index (χ3v) is 5.42. The number of rotatable bonds is 1. The van der Waals surface area contributed by atoms with E-state index in [1.165, 1.54) is 16.7 Å². The number of aromatic amines is 3. The Balaban J connectivity index is 0.000000118. The Labute approximate surface area is 190 Å². The molecule has 0 fully saturated rings. The van der Waals surface area contributed by atoms with E-state index in [4.69, 9.17) is 0 Å². The first kappa shape index (κ1) is 21.8. The van der Waals surface area contributed by atoms with Crippen LogP contribution in [-0.2, 0) is 0 Å². The van der Waals surface area contributed by atoms with Crippen LogP contribution in [0.25, 0.3) is 33.3 Å². The van der Waals surface area contributed by atoms with E-state index < -0.39 is 0 Å². The van der Waals surface area contributed by atoms with Gasteiger partial charge in [-0.3, -0.25) is 15.3 Å². The lowest BCUT2D eigenvalue weighted by Crippen LogP contribution is -1.81. The van der Waals surface area contributed by atoms with Crippen LogP contribution in [0, 0.1) is 27.7 Å². The van der Waals surface area contributed by atoms with E-state index in [-0.39, 0.29) is 0 Å². The zero-order chi connectivity index (χ0) is 23.2. The topological polar surface area (TPSA) is 125 Å². The average Bonchev–Trinajstić information content (AvgIpc) is 3.60. The minimum absolute atomic E-state index is 0.896. The first-order valence-electron chi connectivity index (χ1n) is 10.5. The van der Waals surface area contributed by atoms with Gasteiger partial charge >= 0.3 is 0 Å². The molecule has 166 valence electrons. The highest BCUT2D eigenvalue weighted by atomic mass is 15.3. The molecule has 3 N–H and O–H groups in total. The molecule has 6 rings (SSSR count). The number of benzene rings is 3. The van der Waals surface area contributed by atoms with Crippen molar-refractivity contribution in [1.29, 1.82) is 0 Å². The summed E-state index contributed by atoms with van der Waals surface area (Å²) in [5.74, 6) is 0. The van der Waals surface area contributed by atoms with E-state index in [1.54, 1.807) is 6.20 Å². The van der Waals surface area contributed by atoms with Crippen molar-refractivity contribution in [3.63, 3.8) is 0 Å². The fourth-order valence-corrected chi connectivity index (χ4v) is 3.35. The largest absolute Gasteiger partial charge is 0.265 e. The van der Waals surface area contributed by atoms with Gasteiger partial charge in [-0.25, -0.2) is 0 Å². The van der Waals surface area contributed by atoms with Crippen molar-refractivity contribution in [3.8, 4) is 11.3 Å². The van der Waals surface area contributed by atoms with Crippen molar-refractivity contribution in [1.82, 2.24) is 46.2 Å². The van der Waals surface area contributed by atoms with Crippen LogP contribution in [-0.4, -0.2) is 46.2 Å². The summed E-state index contributed by atoms with van der Waals surface area (Å²) in [6.45, 7) is 8.21. The van der Waals surface area contributed by atoms with E-state index in [1.807, 2.05) is 49.4 Å². The van der Waals surface area contributed by atoms with Crippen molar-refractivity contribution in [3.05, 3.63) is 83.0 Å². The SMILES string of the molecule is Cc1ccc2[nH]nnc2c1C.Cc1cccc2[nH]nnc12.Cc1ccccc1-c1c[nH]nn1. The quantitative estimate of drug-likeness (QED) is 0.343. The molecule has 0 radical (unpaired) electrons. The summed E-state index contributed by atoms with van der Waals surface area (Å²) in [7, 11) is 0. The standard InChI is InChI=1S/C9H9N3.C8H9N3.C7H7N3/c1-7-4-2-3-5-8(7)9-6-10-12-11-9;1-5-3-4-7-8(6(5)2)10-11-9-7;1-5-3-2-4-6-7(5)9-10-8-6/h2-6H,1H3,(H,10,11,12);3-4H,1-2H3,(H,9,10,11);2-4H,1H3,(H,8,9,10). The molecule has 9 nitrogen and oxygen atoms in total. The summed E-state index contributed by atoms with van der Waals surface area (Å²) in [5, 5.41) is 31.2. The normalized spacial score (nSPS) is 10.4. The van der Waals surface area contributed by atoms with Crippen molar-refractivity contribution in [2.24, 2.45) is 0 Å². The molecule has 3 aromatic heterocycles.